The first-order chi connectivity index (χ1) is 10.2. The Hall–Kier alpha value is -2.19. The predicted molar refractivity (Wildman–Crippen MR) is 83.4 cm³/mol. The molecule has 0 aromatic carbocycles. The number of thiazole rings is 1. The van der Waals surface area contributed by atoms with Gasteiger partial charge < -0.3 is 20.8 Å². The summed E-state index contributed by atoms with van der Waals surface area (Å²) in [6.07, 6.45) is 1.58. The Morgan fingerprint density at radius 1 is 1.57 bits per heavy atom. The Balaban J connectivity index is 1.96. The Morgan fingerprint density at radius 2 is 2.43 bits per heavy atom. The Kier molecular flexibility index (Phi) is 5.47. The highest BCUT2D eigenvalue weighted by atomic mass is 32.1. The molecule has 0 bridgehead atoms. The van der Waals surface area contributed by atoms with E-state index in [4.69, 9.17) is 10.2 Å². The number of carbonyl (C=O) groups is 1. The summed E-state index contributed by atoms with van der Waals surface area (Å²) in [5.74, 6) is 1.26. The van der Waals surface area contributed by atoms with Gasteiger partial charge in [-0.15, -0.1) is 11.3 Å². The molecule has 112 valence electrons. The number of carbonyl (C=O) groups excluding carboxylic acids is 1. The van der Waals surface area contributed by atoms with Gasteiger partial charge in [0.2, 0.25) is 5.91 Å². The molecule has 7 nitrogen and oxygen atoms in total. The van der Waals surface area contributed by atoms with E-state index in [1.54, 1.807) is 6.34 Å². The van der Waals surface area contributed by atoms with Crippen molar-refractivity contribution in [2.45, 2.75) is 13.5 Å². The number of aromatic nitrogens is 1. The highest BCUT2D eigenvalue weighted by Crippen LogP contribution is 2.26. The van der Waals surface area contributed by atoms with Gasteiger partial charge in [-0.25, -0.2) is 4.98 Å². The minimum absolute atomic E-state index is 0.0927. The normalized spacial score (nSPS) is 11.0. The zero-order chi connectivity index (χ0) is 15.1. The summed E-state index contributed by atoms with van der Waals surface area (Å²) in [6, 6.07) is 3.65. The summed E-state index contributed by atoms with van der Waals surface area (Å²) >= 11 is 1.46. The van der Waals surface area contributed by atoms with E-state index in [1.807, 2.05) is 17.5 Å². The summed E-state index contributed by atoms with van der Waals surface area (Å²) in [7, 11) is 0. The molecule has 0 atom stereocenters. The molecule has 8 heteroatoms. The fourth-order valence-corrected chi connectivity index (χ4v) is 2.18. The monoisotopic (exact) mass is 307 g/mol. The van der Waals surface area contributed by atoms with Crippen molar-refractivity contribution in [3.63, 3.8) is 0 Å². The molecule has 0 radical (unpaired) electrons. The Morgan fingerprint density at radius 3 is 3.19 bits per heavy atom. The van der Waals surface area contributed by atoms with Crippen molar-refractivity contribution in [1.82, 2.24) is 10.3 Å². The van der Waals surface area contributed by atoms with Crippen molar-refractivity contribution in [3.8, 4) is 11.5 Å². The van der Waals surface area contributed by atoms with Crippen molar-refractivity contribution < 1.29 is 9.21 Å². The zero-order valence-electron chi connectivity index (χ0n) is 11.6. The topological polar surface area (TPSA) is 106 Å². The number of hydrogen-bond acceptors (Lipinski definition) is 6. The van der Waals surface area contributed by atoms with Crippen LogP contribution in [-0.4, -0.2) is 30.3 Å². The number of furan rings is 1. The largest absolute Gasteiger partial charge is 0.458 e. The smallest absolute Gasteiger partial charge is 0.217 e. The minimum atomic E-state index is -0.0927. The van der Waals surface area contributed by atoms with Crippen molar-refractivity contribution in [2.75, 3.05) is 18.4 Å². The maximum atomic E-state index is 10.9. The molecule has 2 aromatic heterocycles. The quantitative estimate of drug-likeness (QED) is 0.530. The molecule has 2 heterocycles. The number of amides is 1. The van der Waals surface area contributed by atoms with Crippen molar-refractivity contribution in [3.05, 3.63) is 23.3 Å². The van der Waals surface area contributed by atoms with Crippen LogP contribution in [0, 0.1) is 0 Å². The van der Waals surface area contributed by atoms with Gasteiger partial charge in [0, 0.05) is 18.8 Å². The molecule has 4 N–H and O–H groups in total. The maximum absolute atomic E-state index is 10.9. The first-order valence-corrected chi connectivity index (χ1v) is 7.31. The van der Waals surface area contributed by atoms with Gasteiger partial charge in [-0.2, -0.15) is 0 Å². The van der Waals surface area contributed by atoms with E-state index in [9.17, 15) is 4.79 Å². The summed E-state index contributed by atoms with van der Waals surface area (Å²) < 4.78 is 5.63. The molecule has 21 heavy (non-hydrogen) atoms. The maximum Gasteiger partial charge on any atom is 0.217 e. The third-order valence-electron chi connectivity index (χ3n) is 2.47. The second-order valence-corrected chi connectivity index (χ2v) is 5.04. The number of aliphatic imine (C=N–C) groups is 1. The third kappa shape index (κ3) is 4.69. The first kappa shape index (κ1) is 15.2. The van der Waals surface area contributed by atoms with E-state index in [1.165, 1.54) is 18.3 Å². The van der Waals surface area contributed by atoms with Crippen LogP contribution in [0.3, 0.4) is 0 Å². The van der Waals surface area contributed by atoms with E-state index < -0.39 is 0 Å². The van der Waals surface area contributed by atoms with Gasteiger partial charge in [0.1, 0.15) is 11.5 Å². The van der Waals surface area contributed by atoms with Crippen LogP contribution in [0.5, 0.6) is 0 Å². The van der Waals surface area contributed by atoms with Crippen LogP contribution in [0.15, 0.2) is 26.9 Å². The molecule has 0 saturated carbocycles. The van der Waals surface area contributed by atoms with Crippen LogP contribution >= 0.6 is 11.3 Å². The Labute approximate surface area is 126 Å². The fraction of sp³-hybridized carbons (Fsp3) is 0.308. The van der Waals surface area contributed by atoms with Gasteiger partial charge in [-0.1, -0.05) is 0 Å². The highest BCUT2D eigenvalue weighted by Gasteiger charge is 2.09. The first-order valence-electron chi connectivity index (χ1n) is 6.43. The number of nitrogens with one attached hydrogen (secondary N) is 2. The molecule has 0 unspecified atom stereocenters. The molecule has 1 amide bonds. The molecule has 0 fully saturated rings. The second-order valence-electron chi connectivity index (χ2n) is 4.18. The SMILES string of the molecule is CC(=O)NCc1ccc(-c2csc(NC=NCCN)n2)o1. The number of rotatable bonds is 7. The van der Waals surface area contributed by atoms with Crippen LogP contribution in [0.2, 0.25) is 0 Å². The van der Waals surface area contributed by atoms with Crippen molar-refractivity contribution in [1.29, 1.82) is 0 Å². The van der Waals surface area contributed by atoms with Crippen molar-refractivity contribution >= 4 is 28.7 Å². The molecule has 0 aliphatic rings. The second kappa shape index (κ2) is 7.55. The molecule has 0 aliphatic heterocycles. The number of nitrogens with zero attached hydrogens (tertiary/aromatic N) is 2. The molecule has 0 aliphatic carbocycles. The number of nitrogens with two attached hydrogens (primary N) is 1. The lowest BCUT2D eigenvalue weighted by Gasteiger charge is -1.97. The number of anilines is 1. The summed E-state index contributed by atoms with van der Waals surface area (Å²) in [5.41, 5.74) is 6.08. The average Bonchev–Trinajstić information content (AvgIpc) is 3.10. The van der Waals surface area contributed by atoms with Gasteiger partial charge >= 0.3 is 0 Å². The summed E-state index contributed by atoms with van der Waals surface area (Å²) in [6.45, 7) is 2.94. The van der Waals surface area contributed by atoms with Crippen LogP contribution in [0.4, 0.5) is 5.13 Å². The van der Waals surface area contributed by atoms with E-state index in [0.717, 1.165) is 10.8 Å². The van der Waals surface area contributed by atoms with Crippen LogP contribution in [0.1, 0.15) is 12.7 Å². The van der Waals surface area contributed by atoms with Crippen LogP contribution in [0.25, 0.3) is 11.5 Å². The minimum Gasteiger partial charge on any atom is -0.458 e. The van der Waals surface area contributed by atoms with Gasteiger partial charge in [-0.3, -0.25) is 9.79 Å². The van der Waals surface area contributed by atoms with E-state index in [-0.39, 0.29) is 5.91 Å². The van der Waals surface area contributed by atoms with Gasteiger partial charge in [-0.05, 0) is 12.1 Å². The van der Waals surface area contributed by atoms with Crippen LogP contribution in [-0.2, 0) is 11.3 Å². The van der Waals surface area contributed by atoms with E-state index >= 15 is 0 Å². The molecule has 0 saturated heterocycles. The zero-order valence-corrected chi connectivity index (χ0v) is 12.4. The van der Waals surface area contributed by atoms with Gasteiger partial charge in [0.25, 0.3) is 0 Å². The number of hydrogen-bond donors (Lipinski definition) is 3. The van der Waals surface area contributed by atoms with Gasteiger partial charge in [0.15, 0.2) is 10.9 Å². The highest BCUT2D eigenvalue weighted by molar-refractivity contribution is 7.14. The van der Waals surface area contributed by atoms with Crippen molar-refractivity contribution in [2.24, 2.45) is 10.7 Å². The Bertz CT molecular complexity index is 620. The molecule has 2 rings (SSSR count). The lowest BCUT2D eigenvalue weighted by Crippen LogP contribution is -2.18. The van der Waals surface area contributed by atoms with Gasteiger partial charge in [0.05, 0.1) is 19.4 Å². The predicted octanol–water partition coefficient (Wildman–Crippen LogP) is 1.44. The van der Waals surface area contributed by atoms with E-state index in [2.05, 4.69) is 20.6 Å². The third-order valence-corrected chi connectivity index (χ3v) is 3.24. The average molecular weight is 307 g/mol. The lowest BCUT2D eigenvalue weighted by atomic mass is 10.3. The summed E-state index contributed by atoms with van der Waals surface area (Å²) in [5, 5.41) is 8.28. The molecular formula is C13H17N5O2S. The standard InChI is InChI=1S/C13H17N5O2S/c1-9(19)16-6-10-2-3-12(20-10)11-7-21-13(18-11)17-8-15-5-4-14/h2-3,7-8H,4-6,14H2,1H3,(H,16,19)(H,15,17,18). The fourth-order valence-electron chi connectivity index (χ4n) is 1.52. The molecule has 2 aromatic rings. The van der Waals surface area contributed by atoms with E-state index in [0.29, 0.717) is 31.2 Å². The molecular weight excluding hydrogens is 290 g/mol. The summed E-state index contributed by atoms with van der Waals surface area (Å²) in [4.78, 5) is 19.3. The van der Waals surface area contributed by atoms with Crippen LogP contribution < -0.4 is 16.4 Å². The lowest BCUT2D eigenvalue weighted by molar-refractivity contribution is -0.119. The molecule has 0 spiro atoms.